The minimum atomic E-state index is -0.653. The second-order valence-corrected chi connectivity index (χ2v) is 10.2. The SMILES string of the molecule is CCCCCCCCCCCCCC[N+](C)(C)CCCCCCCCCCC(=O)O.[Br-]. The molecule has 0 bridgehead atoms. The molecule has 0 radical (unpaired) electrons. The summed E-state index contributed by atoms with van der Waals surface area (Å²) in [5.74, 6) is -0.653. The second-order valence-electron chi connectivity index (χ2n) is 10.2. The summed E-state index contributed by atoms with van der Waals surface area (Å²) in [5.41, 5.74) is 0. The first-order valence-electron chi connectivity index (χ1n) is 13.5. The molecule has 0 rings (SSSR count). The molecule has 4 heteroatoms. The Bertz CT molecular complexity index is 374. The van der Waals surface area contributed by atoms with Crippen molar-refractivity contribution < 1.29 is 31.4 Å². The van der Waals surface area contributed by atoms with Crippen molar-refractivity contribution in [2.75, 3.05) is 27.2 Å². The molecule has 0 aliphatic rings. The van der Waals surface area contributed by atoms with Crippen LogP contribution in [0.15, 0.2) is 0 Å². The number of aliphatic carboxylic acids is 1. The van der Waals surface area contributed by atoms with Gasteiger partial charge in [-0.15, -0.1) is 0 Å². The number of hydrogen-bond donors (Lipinski definition) is 1. The molecule has 0 amide bonds. The number of halogens is 1. The van der Waals surface area contributed by atoms with Gasteiger partial charge in [0.25, 0.3) is 0 Å². The van der Waals surface area contributed by atoms with Gasteiger partial charge in [-0.25, -0.2) is 0 Å². The Morgan fingerprint density at radius 3 is 1.16 bits per heavy atom. The molecule has 3 nitrogen and oxygen atoms in total. The van der Waals surface area contributed by atoms with Crippen LogP contribution in [0.25, 0.3) is 0 Å². The smallest absolute Gasteiger partial charge is 0.303 e. The first-order chi connectivity index (χ1) is 14.5. The largest absolute Gasteiger partial charge is 1.00 e. The van der Waals surface area contributed by atoms with E-state index in [4.69, 9.17) is 5.11 Å². The standard InChI is InChI=1S/C27H55NO2.BrH/c1-4-5-6-7-8-9-10-11-13-16-19-22-25-28(2,3)26-23-20-17-14-12-15-18-21-24-27(29)30;/h4-26H2,1-3H3;1H. The highest BCUT2D eigenvalue weighted by Crippen LogP contribution is 2.14. The van der Waals surface area contributed by atoms with E-state index in [-0.39, 0.29) is 17.0 Å². The van der Waals surface area contributed by atoms with Crippen LogP contribution < -0.4 is 17.0 Å². The third kappa shape index (κ3) is 27.9. The van der Waals surface area contributed by atoms with Crippen LogP contribution in [0.3, 0.4) is 0 Å². The number of unbranched alkanes of at least 4 members (excludes halogenated alkanes) is 18. The summed E-state index contributed by atoms with van der Waals surface area (Å²) < 4.78 is 1.19. The predicted molar refractivity (Wildman–Crippen MR) is 132 cm³/mol. The van der Waals surface area contributed by atoms with Gasteiger partial charge in [0.1, 0.15) is 0 Å². The highest BCUT2D eigenvalue weighted by atomic mass is 79.9. The van der Waals surface area contributed by atoms with E-state index in [2.05, 4.69) is 21.0 Å². The van der Waals surface area contributed by atoms with Crippen molar-refractivity contribution in [3.8, 4) is 0 Å². The lowest BCUT2D eigenvalue weighted by molar-refractivity contribution is -0.890. The average molecular weight is 507 g/mol. The number of rotatable bonds is 24. The number of hydrogen-bond acceptors (Lipinski definition) is 1. The Hall–Kier alpha value is -0.0900. The molecular formula is C27H56BrNO2. The number of carboxylic acid groups (broad SMARTS) is 1. The van der Waals surface area contributed by atoms with Crippen LogP contribution in [-0.4, -0.2) is 42.7 Å². The summed E-state index contributed by atoms with van der Waals surface area (Å²) in [7, 11) is 4.81. The van der Waals surface area contributed by atoms with Gasteiger partial charge < -0.3 is 26.6 Å². The van der Waals surface area contributed by atoms with Gasteiger partial charge in [-0.1, -0.05) is 103 Å². The van der Waals surface area contributed by atoms with Gasteiger partial charge in [0.15, 0.2) is 0 Å². The summed E-state index contributed by atoms with van der Waals surface area (Å²) in [6.45, 7) is 4.94. The molecule has 31 heavy (non-hydrogen) atoms. The van der Waals surface area contributed by atoms with E-state index in [9.17, 15) is 4.79 Å². The predicted octanol–water partition coefficient (Wildman–Crippen LogP) is 5.36. The van der Waals surface area contributed by atoms with Crippen molar-refractivity contribution in [3.63, 3.8) is 0 Å². The fraction of sp³-hybridized carbons (Fsp3) is 0.963. The van der Waals surface area contributed by atoms with Gasteiger partial charge in [0.05, 0.1) is 27.2 Å². The molecule has 0 aromatic heterocycles. The first-order valence-corrected chi connectivity index (χ1v) is 13.5. The Morgan fingerprint density at radius 2 is 0.839 bits per heavy atom. The van der Waals surface area contributed by atoms with E-state index < -0.39 is 5.97 Å². The lowest BCUT2D eigenvalue weighted by Crippen LogP contribution is -3.00. The molecule has 0 aliphatic carbocycles. The Balaban J connectivity index is 0. The van der Waals surface area contributed by atoms with Crippen LogP contribution in [0.1, 0.15) is 142 Å². The van der Waals surface area contributed by atoms with Crippen LogP contribution in [0.5, 0.6) is 0 Å². The van der Waals surface area contributed by atoms with Crippen LogP contribution >= 0.6 is 0 Å². The minimum Gasteiger partial charge on any atom is -1.00 e. The third-order valence-corrected chi connectivity index (χ3v) is 6.52. The first kappa shape index (κ1) is 33.1. The van der Waals surface area contributed by atoms with Crippen molar-refractivity contribution in [1.29, 1.82) is 0 Å². The van der Waals surface area contributed by atoms with Crippen LogP contribution in [0, 0.1) is 0 Å². The zero-order chi connectivity index (χ0) is 22.3. The lowest BCUT2D eigenvalue weighted by Gasteiger charge is -2.30. The quantitative estimate of drug-likeness (QED) is 0.141. The highest BCUT2D eigenvalue weighted by molar-refractivity contribution is 5.66. The van der Waals surface area contributed by atoms with Crippen molar-refractivity contribution in [2.24, 2.45) is 0 Å². The molecule has 0 aromatic rings. The van der Waals surface area contributed by atoms with Gasteiger partial charge in [0, 0.05) is 6.42 Å². The van der Waals surface area contributed by atoms with Gasteiger partial charge in [-0.05, 0) is 32.1 Å². The maximum Gasteiger partial charge on any atom is 0.303 e. The van der Waals surface area contributed by atoms with Gasteiger partial charge in [0.2, 0.25) is 0 Å². The van der Waals surface area contributed by atoms with Crippen molar-refractivity contribution >= 4 is 5.97 Å². The maximum atomic E-state index is 10.5. The van der Waals surface area contributed by atoms with Gasteiger partial charge in [-0.3, -0.25) is 4.79 Å². The Kier molecular flexibility index (Phi) is 26.2. The molecule has 0 aliphatic heterocycles. The molecule has 0 atom stereocenters. The van der Waals surface area contributed by atoms with E-state index in [1.54, 1.807) is 0 Å². The molecule has 188 valence electrons. The van der Waals surface area contributed by atoms with Crippen molar-refractivity contribution in [2.45, 2.75) is 142 Å². The number of nitrogens with zero attached hydrogens (tertiary/aromatic N) is 1. The molecule has 1 N–H and O–H groups in total. The molecule has 0 unspecified atom stereocenters. The number of quaternary nitrogens is 1. The summed E-state index contributed by atoms with van der Waals surface area (Å²) in [6.07, 6.45) is 27.3. The second kappa shape index (κ2) is 24.6. The Labute approximate surface area is 206 Å². The molecular weight excluding hydrogens is 450 g/mol. The van der Waals surface area contributed by atoms with Gasteiger partial charge in [-0.2, -0.15) is 0 Å². The van der Waals surface area contributed by atoms with Crippen molar-refractivity contribution in [1.82, 2.24) is 0 Å². The lowest BCUT2D eigenvalue weighted by atomic mass is 10.0. The third-order valence-electron chi connectivity index (χ3n) is 6.52. The normalized spacial score (nSPS) is 11.5. The average Bonchev–Trinajstić information content (AvgIpc) is 2.70. The Morgan fingerprint density at radius 1 is 0.548 bits per heavy atom. The topological polar surface area (TPSA) is 37.3 Å². The zero-order valence-electron chi connectivity index (χ0n) is 21.4. The number of carboxylic acids is 1. The molecule has 0 saturated carbocycles. The zero-order valence-corrected chi connectivity index (χ0v) is 23.0. The van der Waals surface area contributed by atoms with Crippen molar-refractivity contribution in [3.05, 3.63) is 0 Å². The van der Waals surface area contributed by atoms with Crippen LogP contribution in [0.4, 0.5) is 0 Å². The fourth-order valence-corrected chi connectivity index (χ4v) is 4.37. The molecule has 0 spiro atoms. The van der Waals surface area contributed by atoms with Crippen LogP contribution in [-0.2, 0) is 4.79 Å². The highest BCUT2D eigenvalue weighted by Gasteiger charge is 2.13. The van der Waals surface area contributed by atoms with E-state index in [1.165, 1.54) is 133 Å². The van der Waals surface area contributed by atoms with E-state index >= 15 is 0 Å². The van der Waals surface area contributed by atoms with E-state index in [1.807, 2.05) is 0 Å². The maximum absolute atomic E-state index is 10.5. The summed E-state index contributed by atoms with van der Waals surface area (Å²) >= 11 is 0. The molecule has 0 aromatic carbocycles. The summed E-state index contributed by atoms with van der Waals surface area (Å²) in [6, 6.07) is 0. The van der Waals surface area contributed by atoms with Crippen LogP contribution in [0.2, 0.25) is 0 Å². The molecule has 0 saturated heterocycles. The van der Waals surface area contributed by atoms with E-state index in [0.717, 1.165) is 12.8 Å². The summed E-state index contributed by atoms with van der Waals surface area (Å²) in [5, 5.41) is 8.63. The molecule has 0 heterocycles. The van der Waals surface area contributed by atoms with E-state index in [0.29, 0.717) is 6.42 Å². The molecule has 0 fully saturated rings. The minimum absolute atomic E-state index is 0. The summed E-state index contributed by atoms with van der Waals surface area (Å²) in [4.78, 5) is 10.5. The fourth-order valence-electron chi connectivity index (χ4n) is 4.37. The number of carbonyl (C=O) groups is 1. The van der Waals surface area contributed by atoms with Gasteiger partial charge >= 0.3 is 5.97 Å². The monoisotopic (exact) mass is 505 g/mol.